The van der Waals surface area contributed by atoms with Gasteiger partial charge in [0.05, 0.1) is 0 Å². The average molecular weight is 272 g/mol. The molecule has 1 saturated carbocycles. The van der Waals surface area contributed by atoms with Gasteiger partial charge in [0.1, 0.15) is 6.61 Å². The summed E-state index contributed by atoms with van der Waals surface area (Å²) in [7, 11) is 0. The van der Waals surface area contributed by atoms with Gasteiger partial charge in [-0.05, 0) is 35.5 Å². The van der Waals surface area contributed by atoms with Crippen molar-refractivity contribution >= 4 is 12.0 Å². The van der Waals surface area contributed by atoms with E-state index in [1.165, 1.54) is 18.4 Å². The Morgan fingerprint density at radius 3 is 2.60 bits per heavy atom. The average Bonchev–Trinajstić information content (AvgIpc) is 3.26. The van der Waals surface area contributed by atoms with Gasteiger partial charge < -0.3 is 4.74 Å². The van der Waals surface area contributed by atoms with Crippen LogP contribution in [0.2, 0.25) is 0 Å². The minimum Gasteiger partial charge on any atom is -0.461 e. The molecule has 0 spiro atoms. The Morgan fingerprint density at radius 2 is 2.00 bits per heavy atom. The van der Waals surface area contributed by atoms with Crippen LogP contribution >= 0.6 is 0 Å². The maximum atomic E-state index is 11.5. The summed E-state index contributed by atoms with van der Waals surface area (Å²) < 4.78 is 5.18. The standard InChI is InChI=1S/C18H24O2/c1-14(2)17-10-7-15(8-11-17)4-3-13-20-18(19)12-9-16-5-6-16/h3-4,7-8,10-11,14,16H,5-6,9,12-13H2,1-2H3/b4-3+. The molecule has 1 fully saturated rings. The van der Waals surface area contributed by atoms with Crippen LogP contribution in [0.1, 0.15) is 56.6 Å². The zero-order chi connectivity index (χ0) is 14.4. The number of carbonyl (C=O) groups is 1. The number of esters is 1. The molecule has 0 unspecified atom stereocenters. The Balaban J connectivity index is 1.68. The van der Waals surface area contributed by atoms with E-state index in [4.69, 9.17) is 4.74 Å². The van der Waals surface area contributed by atoms with Crippen LogP contribution in [-0.4, -0.2) is 12.6 Å². The third-order valence-corrected chi connectivity index (χ3v) is 3.71. The van der Waals surface area contributed by atoms with Crippen molar-refractivity contribution in [1.82, 2.24) is 0 Å². The van der Waals surface area contributed by atoms with Gasteiger partial charge in [0.25, 0.3) is 0 Å². The number of ether oxygens (including phenoxy) is 1. The van der Waals surface area contributed by atoms with Crippen molar-refractivity contribution in [3.63, 3.8) is 0 Å². The molecule has 2 rings (SSSR count). The molecule has 2 heteroatoms. The van der Waals surface area contributed by atoms with Crippen LogP contribution in [0.5, 0.6) is 0 Å². The van der Waals surface area contributed by atoms with Crippen LogP contribution in [0.3, 0.4) is 0 Å². The van der Waals surface area contributed by atoms with Gasteiger partial charge in [0, 0.05) is 6.42 Å². The van der Waals surface area contributed by atoms with Gasteiger partial charge in [0.15, 0.2) is 0 Å². The molecule has 1 aliphatic carbocycles. The molecule has 0 saturated heterocycles. The van der Waals surface area contributed by atoms with Gasteiger partial charge in [-0.2, -0.15) is 0 Å². The first-order valence-electron chi connectivity index (χ1n) is 7.57. The summed E-state index contributed by atoms with van der Waals surface area (Å²) in [5.41, 5.74) is 2.48. The molecule has 1 aromatic carbocycles. The number of carbonyl (C=O) groups excluding carboxylic acids is 1. The number of hydrogen-bond acceptors (Lipinski definition) is 2. The summed E-state index contributed by atoms with van der Waals surface area (Å²) in [6, 6.07) is 8.49. The van der Waals surface area contributed by atoms with Crippen molar-refractivity contribution in [2.75, 3.05) is 6.61 Å². The van der Waals surface area contributed by atoms with Crippen LogP contribution in [0, 0.1) is 5.92 Å². The molecule has 1 aliphatic rings. The summed E-state index contributed by atoms with van der Waals surface area (Å²) in [6.45, 7) is 4.74. The Hall–Kier alpha value is -1.57. The van der Waals surface area contributed by atoms with E-state index in [2.05, 4.69) is 38.1 Å². The molecule has 0 heterocycles. The topological polar surface area (TPSA) is 26.3 Å². The van der Waals surface area contributed by atoms with E-state index in [1.807, 2.05) is 12.2 Å². The SMILES string of the molecule is CC(C)c1ccc(/C=C/COC(=O)CCC2CC2)cc1. The van der Waals surface area contributed by atoms with Crippen LogP contribution in [0.4, 0.5) is 0 Å². The quantitative estimate of drug-likeness (QED) is 0.680. The first-order valence-corrected chi connectivity index (χ1v) is 7.57. The maximum Gasteiger partial charge on any atom is 0.306 e. The summed E-state index contributed by atoms with van der Waals surface area (Å²) >= 11 is 0. The molecule has 2 nitrogen and oxygen atoms in total. The zero-order valence-electron chi connectivity index (χ0n) is 12.5. The third-order valence-electron chi connectivity index (χ3n) is 3.71. The van der Waals surface area contributed by atoms with Crippen molar-refractivity contribution in [2.45, 2.75) is 45.4 Å². The lowest BCUT2D eigenvalue weighted by molar-refractivity contribution is -0.142. The molecule has 108 valence electrons. The van der Waals surface area contributed by atoms with Crippen molar-refractivity contribution in [1.29, 1.82) is 0 Å². The lowest BCUT2D eigenvalue weighted by Crippen LogP contribution is -2.04. The molecule has 1 aromatic rings. The fourth-order valence-corrected chi connectivity index (χ4v) is 2.12. The first kappa shape index (κ1) is 14.8. The molecule has 0 radical (unpaired) electrons. The summed E-state index contributed by atoms with van der Waals surface area (Å²) in [5.74, 6) is 1.27. The molecule has 0 atom stereocenters. The minimum absolute atomic E-state index is 0.0725. The van der Waals surface area contributed by atoms with Crippen molar-refractivity contribution < 1.29 is 9.53 Å². The lowest BCUT2D eigenvalue weighted by atomic mass is 10.0. The second-order valence-corrected chi connectivity index (χ2v) is 5.89. The predicted molar refractivity (Wildman–Crippen MR) is 82.5 cm³/mol. The molecule has 0 bridgehead atoms. The highest BCUT2D eigenvalue weighted by Crippen LogP contribution is 2.33. The molecule has 0 amide bonds. The molecule has 0 aliphatic heterocycles. The fraction of sp³-hybridized carbons (Fsp3) is 0.500. The number of rotatable bonds is 7. The highest BCUT2D eigenvalue weighted by molar-refractivity contribution is 5.69. The summed E-state index contributed by atoms with van der Waals surface area (Å²) in [6.07, 6.45) is 8.05. The van der Waals surface area contributed by atoms with Crippen molar-refractivity contribution in [2.24, 2.45) is 5.92 Å². The summed E-state index contributed by atoms with van der Waals surface area (Å²) in [4.78, 5) is 11.5. The molecular weight excluding hydrogens is 248 g/mol. The van der Waals surface area contributed by atoms with Gasteiger partial charge in [-0.1, -0.05) is 57.0 Å². The molecule has 0 N–H and O–H groups in total. The van der Waals surface area contributed by atoms with Crippen molar-refractivity contribution in [3.8, 4) is 0 Å². The molecular formula is C18H24O2. The van der Waals surface area contributed by atoms with Crippen molar-refractivity contribution in [3.05, 3.63) is 41.5 Å². The smallest absolute Gasteiger partial charge is 0.306 e. The molecule has 20 heavy (non-hydrogen) atoms. The van der Waals surface area contributed by atoms with Crippen LogP contribution in [-0.2, 0) is 9.53 Å². The second kappa shape index (κ2) is 7.28. The van der Waals surface area contributed by atoms with E-state index in [1.54, 1.807) is 0 Å². The van der Waals surface area contributed by atoms with Gasteiger partial charge in [-0.3, -0.25) is 4.79 Å². The fourth-order valence-electron chi connectivity index (χ4n) is 2.12. The van der Waals surface area contributed by atoms with E-state index in [0.29, 0.717) is 18.9 Å². The number of hydrogen-bond donors (Lipinski definition) is 0. The second-order valence-electron chi connectivity index (χ2n) is 5.89. The monoisotopic (exact) mass is 272 g/mol. The van der Waals surface area contributed by atoms with E-state index in [-0.39, 0.29) is 5.97 Å². The van der Waals surface area contributed by atoms with Crippen LogP contribution in [0.25, 0.3) is 6.08 Å². The Labute approximate surface area is 121 Å². The Kier molecular flexibility index (Phi) is 5.40. The Bertz CT molecular complexity index is 453. The third kappa shape index (κ3) is 5.20. The van der Waals surface area contributed by atoms with Gasteiger partial charge in [-0.15, -0.1) is 0 Å². The van der Waals surface area contributed by atoms with E-state index < -0.39 is 0 Å². The lowest BCUT2D eigenvalue weighted by Gasteiger charge is -2.04. The normalized spacial score (nSPS) is 14.9. The van der Waals surface area contributed by atoms with Crippen LogP contribution in [0.15, 0.2) is 30.3 Å². The zero-order valence-corrected chi connectivity index (χ0v) is 12.5. The largest absolute Gasteiger partial charge is 0.461 e. The van der Waals surface area contributed by atoms with Gasteiger partial charge in [-0.25, -0.2) is 0 Å². The predicted octanol–water partition coefficient (Wildman–Crippen LogP) is 4.56. The highest BCUT2D eigenvalue weighted by Gasteiger charge is 2.21. The highest BCUT2D eigenvalue weighted by atomic mass is 16.5. The van der Waals surface area contributed by atoms with Crippen LogP contribution < -0.4 is 0 Å². The Morgan fingerprint density at radius 1 is 1.30 bits per heavy atom. The van der Waals surface area contributed by atoms with E-state index in [9.17, 15) is 4.79 Å². The van der Waals surface area contributed by atoms with Gasteiger partial charge in [0.2, 0.25) is 0 Å². The van der Waals surface area contributed by atoms with E-state index >= 15 is 0 Å². The maximum absolute atomic E-state index is 11.5. The van der Waals surface area contributed by atoms with E-state index in [0.717, 1.165) is 17.9 Å². The minimum atomic E-state index is -0.0725. The van der Waals surface area contributed by atoms with Gasteiger partial charge >= 0.3 is 5.97 Å². The summed E-state index contributed by atoms with van der Waals surface area (Å²) in [5, 5.41) is 0. The number of benzene rings is 1. The first-order chi connectivity index (χ1) is 9.65. The molecule has 0 aromatic heterocycles.